The number of para-hydroxylation sites is 1. The lowest BCUT2D eigenvalue weighted by atomic mass is 9.89. The summed E-state index contributed by atoms with van der Waals surface area (Å²) in [5.74, 6) is 0.0577. The highest BCUT2D eigenvalue weighted by Gasteiger charge is 2.47. The molecular weight excluding hydrogens is 710 g/mol. The molecule has 0 radical (unpaired) electrons. The van der Waals surface area contributed by atoms with E-state index < -0.39 is 42.3 Å². The van der Waals surface area contributed by atoms with Crippen molar-refractivity contribution in [3.05, 3.63) is 59.7 Å². The van der Waals surface area contributed by atoms with Crippen molar-refractivity contribution < 1.29 is 52.3 Å². The molecule has 0 unspecified atom stereocenters. The Morgan fingerprint density at radius 2 is 1.71 bits per heavy atom. The fourth-order valence-corrected chi connectivity index (χ4v) is 7.99. The van der Waals surface area contributed by atoms with Gasteiger partial charge in [0, 0.05) is 51.4 Å². The van der Waals surface area contributed by atoms with Crippen LogP contribution in [0.3, 0.4) is 0 Å². The Bertz CT molecular complexity index is 1590. The minimum absolute atomic E-state index is 0.0617. The van der Waals surface area contributed by atoms with Gasteiger partial charge < -0.3 is 49.1 Å². The van der Waals surface area contributed by atoms with Crippen molar-refractivity contribution >= 4 is 23.9 Å². The van der Waals surface area contributed by atoms with Gasteiger partial charge in [-0.15, -0.1) is 0 Å². The van der Waals surface area contributed by atoms with Gasteiger partial charge in [-0.2, -0.15) is 0 Å². The topological polar surface area (TPSA) is 169 Å². The summed E-state index contributed by atoms with van der Waals surface area (Å²) in [6.07, 6.45) is 6.57. The predicted molar refractivity (Wildman–Crippen MR) is 199 cm³/mol. The molecule has 55 heavy (non-hydrogen) atoms. The third-order valence-corrected chi connectivity index (χ3v) is 10.7. The number of amides is 3. The van der Waals surface area contributed by atoms with Gasteiger partial charge in [-0.3, -0.25) is 9.59 Å². The number of nitrogens with one attached hydrogen (secondary N) is 3. The molecule has 300 valence electrons. The molecule has 3 N–H and O–H groups in total. The molecule has 3 aliphatic heterocycles. The molecule has 1 saturated carbocycles. The van der Waals surface area contributed by atoms with E-state index in [1.165, 1.54) is 26.4 Å². The minimum Gasteiger partial charge on any atom is -0.454 e. The van der Waals surface area contributed by atoms with Gasteiger partial charge in [0.2, 0.25) is 12.7 Å². The summed E-state index contributed by atoms with van der Waals surface area (Å²) in [6.45, 7) is 0.842. The number of ketones is 1. The molecule has 5 atom stereocenters. The molecule has 1 aliphatic carbocycles. The summed E-state index contributed by atoms with van der Waals surface area (Å²) in [7, 11) is 1.45. The molecule has 6 rings (SSSR count). The van der Waals surface area contributed by atoms with Gasteiger partial charge in [0.25, 0.3) is 0 Å². The Morgan fingerprint density at radius 3 is 2.53 bits per heavy atom. The van der Waals surface area contributed by atoms with Gasteiger partial charge in [0.15, 0.2) is 23.1 Å². The molecule has 1 spiro atoms. The fourth-order valence-electron chi connectivity index (χ4n) is 7.99. The highest BCUT2D eigenvalue weighted by molar-refractivity contribution is 5.90. The first-order chi connectivity index (χ1) is 26.8. The monoisotopic (exact) mass is 765 g/mol. The van der Waals surface area contributed by atoms with E-state index in [1.807, 2.05) is 42.5 Å². The smallest absolute Gasteiger partial charge is 0.407 e. The average molecular weight is 766 g/mol. The van der Waals surface area contributed by atoms with E-state index >= 15 is 0 Å². The summed E-state index contributed by atoms with van der Waals surface area (Å²) in [5.41, 5.74) is 1.68. The maximum Gasteiger partial charge on any atom is 0.407 e. The molecule has 3 amide bonds. The summed E-state index contributed by atoms with van der Waals surface area (Å²) >= 11 is 0. The van der Waals surface area contributed by atoms with Gasteiger partial charge >= 0.3 is 12.2 Å². The quantitative estimate of drug-likeness (QED) is 0.198. The minimum atomic E-state index is -1.11. The Labute approximate surface area is 322 Å². The lowest BCUT2D eigenvalue weighted by Gasteiger charge is -2.47. The van der Waals surface area contributed by atoms with E-state index in [0.717, 1.165) is 30.4 Å². The number of alkyl carbamates (subject to hydrolysis) is 2. The number of hydrogen-bond acceptors (Lipinski definition) is 11. The van der Waals surface area contributed by atoms with Gasteiger partial charge in [-0.1, -0.05) is 61.7 Å². The lowest BCUT2D eigenvalue weighted by Crippen LogP contribution is -2.54. The zero-order valence-electron chi connectivity index (χ0n) is 31.7. The Hall–Kier alpha value is -4.40. The lowest BCUT2D eigenvalue weighted by molar-refractivity contribution is -0.329. The number of benzene rings is 2. The second kappa shape index (κ2) is 20.0. The van der Waals surface area contributed by atoms with Gasteiger partial charge in [0.1, 0.15) is 19.3 Å². The molecule has 0 aromatic heterocycles. The molecule has 14 nitrogen and oxygen atoms in total. The van der Waals surface area contributed by atoms with Crippen LogP contribution in [-0.4, -0.2) is 87.7 Å². The molecule has 4 aliphatic rings. The maximum atomic E-state index is 13.3. The first kappa shape index (κ1) is 40.3. The van der Waals surface area contributed by atoms with Crippen LogP contribution in [-0.2, 0) is 46.2 Å². The van der Waals surface area contributed by atoms with E-state index in [9.17, 15) is 19.2 Å². The van der Waals surface area contributed by atoms with Crippen LogP contribution in [0.25, 0.3) is 0 Å². The summed E-state index contributed by atoms with van der Waals surface area (Å²) in [4.78, 5) is 52.0. The van der Waals surface area contributed by atoms with Crippen LogP contribution in [0.15, 0.2) is 48.5 Å². The number of rotatable bonds is 16. The number of Topliss-reactive ketones (excluding diaryl/α,β-unsaturated/α-hetero) is 1. The highest BCUT2D eigenvalue weighted by Crippen LogP contribution is 2.41. The van der Waals surface area contributed by atoms with Crippen LogP contribution in [0, 0.1) is 5.92 Å². The first-order valence-electron chi connectivity index (χ1n) is 19.7. The van der Waals surface area contributed by atoms with Crippen LogP contribution in [0.5, 0.6) is 11.5 Å². The molecule has 2 aromatic rings. The molecule has 0 bridgehead atoms. The summed E-state index contributed by atoms with van der Waals surface area (Å²) in [6, 6.07) is 14.2. The van der Waals surface area contributed by atoms with Crippen LogP contribution < -0.4 is 25.4 Å². The second-order valence-electron chi connectivity index (χ2n) is 15.0. The Balaban J connectivity index is 1.06. The van der Waals surface area contributed by atoms with Crippen molar-refractivity contribution in [2.45, 2.75) is 120 Å². The van der Waals surface area contributed by atoms with Crippen molar-refractivity contribution in [3.8, 4) is 11.5 Å². The molecule has 14 heteroatoms. The Kier molecular flexibility index (Phi) is 14.6. The molecule has 2 saturated heterocycles. The number of hydrogen-bond donors (Lipinski definition) is 3. The highest BCUT2D eigenvalue weighted by atomic mass is 16.7. The van der Waals surface area contributed by atoms with Gasteiger partial charge in [-0.25, -0.2) is 9.59 Å². The van der Waals surface area contributed by atoms with Crippen molar-refractivity contribution in [2.24, 2.45) is 5.92 Å². The number of carbonyl (C=O) groups is 4. The molecule has 2 aromatic carbocycles. The van der Waals surface area contributed by atoms with Crippen molar-refractivity contribution in [2.75, 3.05) is 33.7 Å². The van der Waals surface area contributed by atoms with Crippen LogP contribution in [0.1, 0.15) is 88.2 Å². The molecule has 3 heterocycles. The number of ether oxygens (including phenoxy) is 7. The van der Waals surface area contributed by atoms with Crippen molar-refractivity contribution in [1.29, 1.82) is 0 Å². The predicted octanol–water partition coefficient (Wildman–Crippen LogP) is 5.48. The van der Waals surface area contributed by atoms with Crippen LogP contribution in [0.4, 0.5) is 9.59 Å². The van der Waals surface area contributed by atoms with Crippen LogP contribution >= 0.6 is 0 Å². The average Bonchev–Trinajstić information content (AvgIpc) is 3.68. The zero-order valence-corrected chi connectivity index (χ0v) is 31.7. The Morgan fingerprint density at radius 1 is 0.891 bits per heavy atom. The van der Waals surface area contributed by atoms with E-state index in [0.29, 0.717) is 56.1 Å². The van der Waals surface area contributed by atoms with Crippen LogP contribution in [0.2, 0.25) is 0 Å². The van der Waals surface area contributed by atoms with Crippen molar-refractivity contribution in [1.82, 2.24) is 16.0 Å². The number of methoxy groups -OCH3 is 1. The largest absolute Gasteiger partial charge is 0.454 e. The second-order valence-corrected chi connectivity index (χ2v) is 15.0. The van der Waals surface area contributed by atoms with Gasteiger partial charge in [-0.05, 0) is 56.1 Å². The normalized spacial score (nSPS) is 24.1. The first-order valence-corrected chi connectivity index (χ1v) is 19.7. The SMILES string of the molecule is COCC(=O)[C@H](Cc1ccccc1)NC(=O)CC[C@@H]1C[C@@H](OC(=O)NCc2cccc3c2OCO3)C[C@@]2(CCC[C@H](COC(=O)NCC3CCCCC3)O2)O1. The third kappa shape index (κ3) is 12.0. The van der Waals surface area contributed by atoms with E-state index in [2.05, 4.69) is 16.0 Å². The van der Waals surface area contributed by atoms with Gasteiger partial charge in [0.05, 0.1) is 18.2 Å². The molecular formula is C41H55N3O11. The van der Waals surface area contributed by atoms with Crippen molar-refractivity contribution in [3.63, 3.8) is 0 Å². The standard InChI is InChI=1S/C41H55N3O11/c1-49-26-35(45)34(20-28-10-4-2-5-11-28)44-37(46)18-17-31-21-33(53-40(48)43-24-30-14-8-16-36-38(30)52-27-51-36)22-41(54-31)19-9-15-32(55-41)25-50-39(47)42-23-29-12-6-3-7-13-29/h2,4-5,8,10-11,14,16,29,31-34H,3,6-7,9,12-13,15,17-27H2,1H3,(H,42,47)(H,43,48)(H,44,46)/t31-,32-,33-,34+,41+/m1/s1. The van der Waals surface area contributed by atoms with E-state index in [-0.39, 0.29) is 51.1 Å². The maximum absolute atomic E-state index is 13.3. The molecule has 3 fully saturated rings. The van der Waals surface area contributed by atoms with E-state index in [4.69, 9.17) is 33.2 Å². The van der Waals surface area contributed by atoms with E-state index in [1.54, 1.807) is 6.07 Å². The summed E-state index contributed by atoms with van der Waals surface area (Å²) < 4.78 is 40.8. The summed E-state index contributed by atoms with van der Waals surface area (Å²) in [5, 5.41) is 8.63. The number of carbonyl (C=O) groups excluding carboxylic acids is 4. The number of fused-ring (bicyclic) bond motifs is 1. The zero-order chi connectivity index (χ0) is 38.5. The fraction of sp³-hybridized carbons (Fsp3) is 0.610. The third-order valence-electron chi connectivity index (χ3n) is 10.7.